The minimum atomic E-state index is 0. The van der Waals surface area contributed by atoms with Gasteiger partial charge in [-0.15, -0.1) is 12.4 Å². The SMILES string of the molecule is COc1ccc(CNCc2ccccc2OCc2ccc(Cl)cc2)cc1.Cl. The van der Waals surface area contributed by atoms with E-state index in [1.54, 1.807) is 7.11 Å². The molecule has 0 saturated carbocycles. The van der Waals surface area contributed by atoms with E-state index in [-0.39, 0.29) is 12.4 Å². The van der Waals surface area contributed by atoms with Crippen LogP contribution < -0.4 is 14.8 Å². The predicted molar refractivity (Wildman–Crippen MR) is 113 cm³/mol. The molecule has 3 aromatic carbocycles. The second kappa shape index (κ2) is 10.8. The van der Waals surface area contributed by atoms with Crippen molar-refractivity contribution in [2.45, 2.75) is 19.7 Å². The molecule has 0 spiro atoms. The van der Waals surface area contributed by atoms with Crippen LogP contribution >= 0.6 is 24.0 Å². The maximum absolute atomic E-state index is 6.00. The molecule has 3 aromatic rings. The largest absolute Gasteiger partial charge is 0.497 e. The normalized spacial score (nSPS) is 10.1. The van der Waals surface area contributed by atoms with Crippen molar-refractivity contribution in [2.24, 2.45) is 0 Å². The molecule has 27 heavy (non-hydrogen) atoms. The Kier molecular flexibility index (Phi) is 8.46. The summed E-state index contributed by atoms with van der Waals surface area (Å²) in [5.74, 6) is 1.76. The average molecular weight is 404 g/mol. The molecule has 0 bridgehead atoms. The summed E-state index contributed by atoms with van der Waals surface area (Å²) in [5.41, 5.74) is 3.44. The summed E-state index contributed by atoms with van der Waals surface area (Å²) in [6, 6.07) is 23.9. The monoisotopic (exact) mass is 403 g/mol. The molecule has 0 aliphatic heterocycles. The first-order valence-electron chi connectivity index (χ1n) is 8.53. The van der Waals surface area contributed by atoms with Crippen LogP contribution in [0.1, 0.15) is 16.7 Å². The number of nitrogens with one attached hydrogen (secondary N) is 1. The third-order valence-corrected chi connectivity index (χ3v) is 4.34. The van der Waals surface area contributed by atoms with Gasteiger partial charge in [0.05, 0.1) is 7.11 Å². The fraction of sp³-hybridized carbons (Fsp3) is 0.182. The summed E-state index contributed by atoms with van der Waals surface area (Å²) in [5, 5.41) is 4.20. The summed E-state index contributed by atoms with van der Waals surface area (Å²) in [6.45, 7) is 2.05. The standard InChI is InChI=1S/C22H22ClNO2.ClH/c1-25-21-12-8-17(9-13-21)14-24-15-19-4-2-3-5-22(19)26-16-18-6-10-20(23)11-7-18;/h2-13,24H,14-16H2,1H3;1H. The zero-order chi connectivity index (χ0) is 18.2. The molecule has 3 nitrogen and oxygen atoms in total. The molecule has 0 unspecified atom stereocenters. The third-order valence-electron chi connectivity index (χ3n) is 4.08. The Morgan fingerprint density at radius 1 is 0.815 bits per heavy atom. The van der Waals surface area contributed by atoms with Crippen molar-refractivity contribution in [3.05, 3.63) is 94.5 Å². The molecule has 0 aliphatic carbocycles. The van der Waals surface area contributed by atoms with Gasteiger partial charge >= 0.3 is 0 Å². The zero-order valence-electron chi connectivity index (χ0n) is 15.2. The topological polar surface area (TPSA) is 30.5 Å². The van der Waals surface area contributed by atoms with Gasteiger partial charge in [-0.05, 0) is 41.5 Å². The minimum absolute atomic E-state index is 0. The van der Waals surface area contributed by atoms with Crippen molar-refractivity contribution in [1.82, 2.24) is 5.32 Å². The first-order chi connectivity index (χ1) is 12.7. The van der Waals surface area contributed by atoms with Gasteiger partial charge in [-0.3, -0.25) is 0 Å². The maximum atomic E-state index is 6.00. The molecule has 0 aliphatic rings. The average Bonchev–Trinajstić information content (AvgIpc) is 2.69. The first kappa shape index (κ1) is 21.1. The number of hydrogen-bond donors (Lipinski definition) is 1. The predicted octanol–water partition coefficient (Wildman–Crippen LogP) is 5.64. The summed E-state index contributed by atoms with van der Waals surface area (Å²) >= 11 is 5.92. The molecule has 0 amide bonds. The van der Waals surface area contributed by atoms with E-state index in [0.717, 1.165) is 40.7 Å². The van der Waals surface area contributed by atoms with Crippen LogP contribution in [0.4, 0.5) is 0 Å². The lowest BCUT2D eigenvalue weighted by molar-refractivity contribution is 0.302. The highest BCUT2D eigenvalue weighted by atomic mass is 35.5. The molecule has 0 atom stereocenters. The van der Waals surface area contributed by atoms with Gasteiger partial charge < -0.3 is 14.8 Å². The van der Waals surface area contributed by atoms with Crippen molar-refractivity contribution in [3.8, 4) is 11.5 Å². The molecule has 0 fully saturated rings. The number of rotatable bonds is 8. The smallest absolute Gasteiger partial charge is 0.124 e. The molecular formula is C22H23Cl2NO2. The lowest BCUT2D eigenvalue weighted by Gasteiger charge is -2.12. The fourth-order valence-electron chi connectivity index (χ4n) is 2.62. The molecule has 0 heterocycles. The Bertz CT molecular complexity index is 820. The highest BCUT2D eigenvalue weighted by Crippen LogP contribution is 2.20. The Morgan fingerprint density at radius 3 is 2.19 bits per heavy atom. The van der Waals surface area contributed by atoms with Gasteiger partial charge in [0, 0.05) is 23.7 Å². The number of benzene rings is 3. The van der Waals surface area contributed by atoms with Gasteiger partial charge in [0.1, 0.15) is 18.1 Å². The van der Waals surface area contributed by atoms with Crippen molar-refractivity contribution >= 4 is 24.0 Å². The lowest BCUT2D eigenvalue weighted by Crippen LogP contribution is -2.13. The highest BCUT2D eigenvalue weighted by molar-refractivity contribution is 6.30. The maximum Gasteiger partial charge on any atom is 0.124 e. The molecular weight excluding hydrogens is 381 g/mol. The van der Waals surface area contributed by atoms with Gasteiger partial charge in [0.2, 0.25) is 0 Å². The molecule has 0 radical (unpaired) electrons. The summed E-state index contributed by atoms with van der Waals surface area (Å²) in [6.07, 6.45) is 0. The third kappa shape index (κ3) is 6.47. The molecule has 5 heteroatoms. The van der Waals surface area contributed by atoms with E-state index >= 15 is 0 Å². The van der Waals surface area contributed by atoms with Crippen LogP contribution in [-0.2, 0) is 19.7 Å². The molecule has 0 saturated heterocycles. The van der Waals surface area contributed by atoms with Crippen molar-refractivity contribution < 1.29 is 9.47 Å². The van der Waals surface area contributed by atoms with Crippen LogP contribution in [0.2, 0.25) is 5.02 Å². The number of hydrogen-bond acceptors (Lipinski definition) is 3. The van der Waals surface area contributed by atoms with Gasteiger partial charge in [0.25, 0.3) is 0 Å². The van der Waals surface area contributed by atoms with E-state index in [1.165, 1.54) is 5.56 Å². The Labute approximate surface area is 171 Å². The van der Waals surface area contributed by atoms with Crippen LogP contribution in [0, 0.1) is 0 Å². The zero-order valence-corrected chi connectivity index (χ0v) is 16.7. The van der Waals surface area contributed by atoms with E-state index in [0.29, 0.717) is 6.61 Å². The number of ether oxygens (including phenoxy) is 2. The van der Waals surface area contributed by atoms with E-state index in [2.05, 4.69) is 23.5 Å². The van der Waals surface area contributed by atoms with Gasteiger partial charge in [0.15, 0.2) is 0 Å². The fourth-order valence-corrected chi connectivity index (χ4v) is 2.74. The van der Waals surface area contributed by atoms with Crippen LogP contribution in [-0.4, -0.2) is 7.11 Å². The van der Waals surface area contributed by atoms with Crippen molar-refractivity contribution in [2.75, 3.05) is 7.11 Å². The van der Waals surface area contributed by atoms with Crippen LogP contribution in [0.5, 0.6) is 11.5 Å². The number of methoxy groups -OCH3 is 1. The quantitative estimate of drug-likeness (QED) is 0.527. The van der Waals surface area contributed by atoms with Crippen molar-refractivity contribution in [1.29, 1.82) is 0 Å². The Morgan fingerprint density at radius 2 is 1.48 bits per heavy atom. The lowest BCUT2D eigenvalue weighted by atomic mass is 10.1. The molecule has 3 rings (SSSR count). The first-order valence-corrected chi connectivity index (χ1v) is 8.91. The molecule has 142 valence electrons. The Balaban J connectivity index is 0.00000261. The summed E-state index contributed by atoms with van der Waals surface area (Å²) in [4.78, 5) is 0. The minimum Gasteiger partial charge on any atom is -0.497 e. The van der Waals surface area contributed by atoms with Crippen molar-refractivity contribution in [3.63, 3.8) is 0 Å². The number of para-hydroxylation sites is 1. The van der Waals surface area contributed by atoms with E-state index in [1.807, 2.05) is 54.6 Å². The molecule has 1 N–H and O–H groups in total. The Hall–Kier alpha value is -2.20. The second-order valence-electron chi connectivity index (χ2n) is 5.97. The summed E-state index contributed by atoms with van der Waals surface area (Å²) < 4.78 is 11.2. The summed E-state index contributed by atoms with van der Waals surface area (Å²) in [7, 11) is 1.67. The van der Waals surface area contributed by atoms with Crippen LogP contribution in [0.15, 0.2) is 72.8 Å². The van der Waals surface area contributed by atoms with E-state index in [9.17, 15) is 0 Å². The van der Waals surface area contributed by atoms with E-state index < -0.39 is 0 Å². The second-order valence-corrected chi connectivity index (χ2v) is 6.41. The van der Waals surface area contributed by atoms with Crippen LogP contribution in [0.25, 0.3) is 0 Å². The van der Waals surface area contributed by atoms with Gasteiger partial charge in [-0.1, -0.05) is 54.1 Å². The van der Waals surface area contributed by atoms with Gasteiger partial charge in [-0.2, -0.15) is 0 Å². The molecule has 0 aromatic heterocycles. The number of halogens is 2. The van der Waals surface area contributed by atoms with Crippen LogP contribution in [0.3, 0.4) is 0 Å². The van der Waals surface area contributed by atoms with E-state index in [4.69, 9.17) is 21.1 Å². The van der Waals surface area contributed by atoms with Gasteiger partial charge in [-0.25, -0.2) is 0 Å². The highest BCUT2D eigenvalue weighted by Gasteiger charge is 2.04.